The third kappa shape index (κ3) is 3.14. The number of fused-ring (bicyclic) bond motifs is 5. The number of anilines is 1. The molecular weight excluding hydrogens is 378 g/mol. The van der Waals surface area contributed by atoms with Crippen LogP contribution in [-0.2, 0) is 0 Å². The minimum absolute atomic E-state index is 0.0877. The fourth-order valence-corrected chi connectivity index (χ4v) is 4.59. The van der Waals surface area contributed by atoms with Crippen LogP contribution in [0.25, 0.3) is 28.5 Å². The highest BCUT2D eigenvalue weighted by molar-refractivity contribution is 6.30. The molecule has 0 unspecified atom stereocenters. The van der Waals surface area contributed by atoms with Gasteiger partial charge in [0.15, 0.2) is 0 Å². The maximum Gasteiger partial charge on any atom is 0.136 e. The van der Waals surface area contributed by atoms with Crippen LogP contribution in [0.3, 0.4) is 0 Å². The van der Waals surface area contributed by atoms with E-state index in [0.717, 1.165) is 33.9 Å². The Balaban J connectivity index is 1.80. The number of allylic oxidation sites excluding steroid dienone is 1. The summed E-state index contributed by atoms with van der Waals surface area (Å²) >= 11 is 6.22. The Morgan fingerprint density at radius 2 is 1.76 bits per heavy atom. The molecule has 2 heterocycles. The molecule has 144 valence electrons. The highest BCUT2D eigenvalue weighted by atomic mass is 35.5. The zero-order valence-electron chi connectivity index (χ0n) is 16.7. The van der Waals surface area contributed by atoms with Crippen LogP contribution in [0.1, 0.15) is 37.5 Å². The van der Waals surface area contributed by atoms with E-state index < -0.39 is 0 Å². The number of rotatable bonds is 1. The third-order valence-corrected chi connectivity index (χ3v) is 5.66. The van der Waals surface area contributed by atoms with Gasteiger partial charge in [0.05, 0.1) is 5.54 Å². The fraction of sp³-hybridized carbons (Fsp3) is 0.154. The van der Waals surface area contributed by atoms with Gasteiger partial charge >= 0.3 is 0 Å². The summed E-state index contributed by atoms with van der Waals surface area (Å²) in [7, 11) is 0. The van der Waals surface area contributed by atoms with Gasteiger partial charge in [-0.2, -0.15) is 0 Å². The molecule has 0 aliphatic carbocycles. The second kappa shape index (κ2) is 6.53. The van der Waals surface area contributed by atoms with E-state index in [9.17, 15) is 0 Å². The van der Waals surface area contributed by atoms with E-state index in [2.05, 4.69) is 62.5 Å². The van der Waals surface area contributed by atoms with Crippen molar-refractivity contribution in [2.75, 3.05) is 5.32 Å². The van der Waals surface area contributed by atoms with Crippen LogP contribution in [0, 0.1) is 0 Å². The molecule has 5 rings (SSSR count). The lowest BCUT2D eigenvalue weighted by Crippen LogP contribution is -2.32. The Morgan fingerprint density at radius 1 is 0.931 bits per heavy atom. The highest BCUT2D eigenvalue weighted by Gasteiger charge is 2.30. The maximum atomic E-state index is 6.43. The first-order valence-corrected chi connectivity index (χ1v) is 10.2. The summed E-state index contributed by atoms with van der Waals surface area (Å²) in [5.74, 6) is 1.71. The summed E-state index contributed by atoms with van der Waals surface area (Å²) < 4.78 is 6.43. The molecule has 3 aromatic carbocycles. The SMILES string of the molecule is CC1=CC(C)(C)Nc2ccc3c(c21)/C(=C/c1cccc(Cl)c1)Oc1ccccc1-3. The lowest BCUT2D eigenvalue weighted by atomic mass is 9.83. The van der Waals surface area contributed by atoms with Crippen molar-refractivity contribution in [2.24, 2.45) is 0 Å². The van der Waals surface area contributed by atoms with Gasteiger partial charge in [-0.05, 0) is 67.8 Å². The monoisotopic (exact) mass is 399 g/mol. The minimum atomic E-state index is -0.0877. The van der Waals surface area contributed by atoms with E-state index in [1.54, 1.807) is 0 Å². The number of para-hydroxylation sites is 1. The summed E-state index contributed by atoms with van der Waals surface area (Å²) in [5.41, 5.74) is 7.94. The average molecular weight is 400 g/mol. The first-order chi connectivity index (χ1) is 13.9. The topological polar surface area (TPSA) is 21.3 Å². The molecule has 0 radical (unpaired) electrons. The van der Waals surface area contributed by atoms with Gasteiger partial charge in [0.1, 0.15) is 11.5 Å². The minimum Gasteiger partial charge on any atom is -0.456 e. The molecule has 0 saturated heterocycles. The van der Waals surface area contributed by atoms with Gasteiger partial charge in [-0.25, -0.2) is 0 Å². The van der Waals surface area contributed by atoms with Crippen LogP contribution in [0.4, 0.5) is 5.69 Å². The summed E-state index contributed by atoms with van der Waals surface area (Å²) in [6, 6.07) is 20.4. The van der Waals surface area contributed by atoms with Gasteiger partial charge in [0.25, 0.3) is 0 Å². The van der Waals surface area contributed by atoms with Crippen molar-refractivity contribution in [3.05, 3.63) is 88.5 Å². The Kier molecular flexibility index (Phi) is 4.07. The van der Waals surface area contributed by atoms with Crippen molar-refractivity contribution in [1.82, 2.24) is 0 Å². The zero-order chi connectivity index (χ0) is 20.2. The maximum absolute atomic E-state index is 6.43. The number of halogens is 1. The molecule has 0 atom stereocenters. The quantitative estimate of drug-likeness (QED) is 0.457. The average Bonchev–Trinajstić information content (AvgIpc) is 2.66. The predicted octanol–water partition coefficient (Wildman–Crippen LogP) is 7.50. The fourth-order valence-electron chi connectivity index (χ4n) is 4.39. The summed E-state index contributed by atoms with van der Waals surface area (Å²) in [6.07, 6.45) is 4.36. The van der Waals surface area contributed by atoms with Crippen LogP contribution in [0.2, 0.25) is 5.02 Å². The number of benzene rings is 3. The highest BCUT2D eigenvalue weighted by Crippen LogP contribution is 2.49. The van der Waals surface area contributed by atoms with Gasteiger partial charge in [-0.15, -0.1) is 0 Å². The molecule has 0 saturated carbocycles. The van der Waals surface area contributed by atoms with Gasteiger partial charge < -0.3 is 10.1 Å². The van der Waals surface area contributed by atoms with E-state index in [1.165, 1.54) is 16.7 Å². The second-order valence-electron chi connectivity index (χ2n) is 8.25. The lowest BCUT2D eigenvalue weighted by molar-refractivity contribution is 0.514. The molecule has 0 aromatic heterocycles. The van der Waals surface area contributed by atoms with Gasteiger partial charge in [0, 0.05) is 27.4 Å². The molecule has 0 spiro atoms. The molecule has 2 nitrogen and oxygen atoms in total. The second-order valence-corrected chi connectivity index (χ2v) is 8.68. The Bertz CT molecular complexity index is 1200. The van der Waals surface area contributed by atoms with Crippen molar-refractivity contribution >= 4 is 34.7 Å². The number of nitrogens with one attached hydrogen (secondary N) is 1. The molecule has 2 aliphatic heterocycles. The number of ether oxygens (including phenoxy) is 1. The molecule has 2 aliphatic rings. The largest absolute Gasteiger partial charge is 0.456 e. The van der Waals surface area contributed by atoms with E-state index in [4.69, 9.17) is 16.3 Å². The van der Waals surface area contributed by atoms with Crippen molar-refractivity contribution in [1.29, 1.82) is 0 Å². The van der Waals surface area contributed by atoms with Crippen molar-refractivity contribution in [3.63, 3.8) is 0 Å². The van der Waals surface area contributed by atoms with Crippen LogP contribution in [0.15, 0.2) is 66.7 Å². The molecule has 3 heteroatoms. The standard InChI is InChI=1S/C26H22ClNO/c1-16-15-26(2,3)28-21-12-11-20-19-9-4-5-10-22(19)29-23(25(20)24(16)21)14-17-7-6-8-18(27)13-17/h4-15,28H,1-3H3/b23-14-. The smallest absolute Gasteiger partial charge is 0.136 e. The zero-order valence-corrected chi connectivity index (χ0v) is 17.5. The van der Waals surface area contributed by atoms with Crippen LogP contribution >= 0.6 is 11.6 Å². The Hall–Kier alpha value is -2.97. The third-order valence-electron chi connectivity index (χ3n) is 5.42. The first-order valence-electron chi connectivity index (χ1n) is 9.81. The summed E-state index contributed by atoms with van der Waals surface area (Å²) in [6.45, 7) is 6.56. The summed E-state index contributed by atoms with van der Waals surface area (Å²) in [5, 5.41) is 4.37. The Morgan fingerprint density at radius 3 is 2.59 bits per heavy atom. The van der Waals surface area contributed by atoms with Crippen LogP contribution < -0.4 is 10.1 Å². The normalized spacial score (nSPS) is 17.4. The van der Waals surface area contributed by atoms with Gasteiger partial charge in [0.2, 0.25) is 0 Å². The Labute approximate surface area is 176 Å². The number of hydrogen-bond donors (Lipinski definition) is 1. The van der Waals surface area contributed by atoms with E-state index in [1.807, 2.05) is 36.4 Å². The van der Waals surface area contributed by atoms with E-state index in [0.29, 0.717) is 5.02 Å². The van der Waals surface area contributed by atoms with Gasteiger partial charge in [-0.3, -0.25) is 0 Å². The van der Waals surface area contributed by atoms with Crippen molar-refractivity contribution < 1.29 is 4.74 Å². The molecule has 0 fully saturated rings. The van der Waals surface area contributed by atoms with E-state index in [-0.39, 0.29) is 5.54 Å². The van der Waals surface area contributed by atoms with Crippen molar-refractivity contribution in [2.45, 2.75) is 26.3 Å². The molecule has 0 amide bonds. The van der Waals surface area contributed by atoms with Crippen LogP contribution in [-0.4, -0.2) is 5.54 Å². The molecule has 1 N–H and O–H groups in total. The molecular formula is C26H22ClNO. The summed E-state index contributed by atoms with van der Waals surface area (Å²) in [4.78, 5) is 0. The first kappa shape index (κ1) is 18.1. The van der Waals surface area contributed by atoms with E-state index >= 15 is 0 Å². The van der Waals surface area contributed by atoms with Crippen LogP contribution in [0.5, 0.6) is 5.75 Å². The van der Waals surface area contributed by atoms with Crippen molar-refractivity contribution in [3.8, 4) is 16.9 Å². The number of hydrogen-bond acceptors (Lipinski definition) is 2. The van der Waals surface area contributed by atoms with Gasteiger partial charge in [-0.1, -0.05) is 54.1 Å². The molecule has 29 heavy (non-hydrogen) atoms. The predicted molar refractivity (Wildman–Crippen MR) is 123 cm³/mol. The molecule has 3 aromatic rings. The lowest BCUT2D eigenvalue weighted by Gasteiger charge is -2.35. The molecule has 0 bridgehead atoms.